The van der Waals surface area contributed by atoms with Gasteiger partial charge in [-0.05, 0) is 18.3 Å². The maximum absolute atomic E-state index is 10.6. The van der Waals surface area contributed by atoms with E-state index in [1.165, 1.54) is 12.8 Å². The van der Waals surface area contributed by atoms with E-state index >= 15 is 0 Å². The van der Waals surface area contributed by atoms with Gasteiger partial charge < -0.3 is 11.1 Å². The number of primary amides is 1. The molecule has 3 atom stereocenters. The zero-order valence-electron chi connectivity index (χ0n) is 7.84. The molecule has 0 saturated heterocycles. The van der Waals surface area contributed by atoms with E-state index in [9.17, 15) is 4.79 Å². The standard InChI is InChI=1S/C9H18N2O/c1-6-4-3-5-8(7(6)2)11-9(10)12/h6-8H,3-5H2,1-2H3,(H3,10,11,12). The number of rotatable bonds is 1. The number of hydrogen-bond donors (Lipinski definition) is 2. The summed E-state index contributed by atoms with van der Waals surface area (Å²) >= 11 is 0. The van der Waals surface area contributed by atoms with Crippen molar-refractivity contribution in [2.45, 2.75) is 39.2 Å². The molecule has 0 bridgehead atoms. The van der Waals surface area contributed by atoms with Crippen LogP contribution < -0.4 is 11.1 Å². The van der Waals surface area contributed by atoms with Crippen LogP contribution in [0.2, 0.25) is 0 Å². The fourth-order valence-electron chi connectivity index (χ4n) is 1.97. The molecule has 1 fully saturated rings. The van der Waals surface area contributed by atoms with Crippen LogP contribution in [0.3, 0.4) is 0 Å². The Kier molecular flexibility index (Phi) is 2.95. The third-order valence-corrected chi connectivity index (χ3v) is 3.03. The second kappa shape index (κ2) is 3.78. The Morgan fingerprint density at radius 2 is 2.08 bits per heavy atom. The lowest BCUT2D eigenvalue weighted by molar-refractivity contribution is 0.199. The quantitative estimate of drug-likeness (QED) is 0.615. The molecule has 3 heteroatoms. The van der Waals surface area contributed by atoms with Crippen molar-refractivity contribution >= 4 is 6.03 Å². The molecule has 2 amide bonds. The molecule has 0 radical (unpaired) electrons. The van der Waals surface area contributed by atoms with Crippen LogP contribution in [0, 0.1) is 11.8 Å². The third-order valence-electron chi connectivity index (χ3n) is 3.03. The fourth-order valence-corrected chi connectivity index (χ4v) is 1.97. The van der Waals surface area contributed by atoms with Crippen molar-refractivity contribution in [3.05, 3.63) is 0 Å². The summed E-state index contributed by atoms with van der Waals surface area (Å²) in [5.74, 6) is 1.27. The van der Waals surface area contributed by atoms with Crippen LogP contribution in [0.25, 0.3) is 0 Å². The van der Waals surface area contributed by atoms with Gasteiger partial charge in [-0.1, -0.05) is 26.7 Å². The summed E-state index contributed by atoms with van der Waals surface area (Å²) in [6.45, 7) is 4.42. The molecule has 0 aromatic carbocycles. The monoisotopic (exact) mass is 170 g/mol. The average Bonchev–Trinajstić information content (AvgIpc) is 1.98. The average molecular weight is 170 g/mol. The molecule has 0 heterocycles. The van der Waals surface area contributed by atoms with E-state index in [1.807, 2.05) is 0 Å². The summed E-state index contributed by atoms with van der Waals surface area (Å²) in [4.78, 5) is 10.6. The van der Waals surface area contributed by atoms with E-state index in [4.69, 9.17) is 5.73 Å². The van der Waals surface area contributed by atoms with Crippen LogP contribution in [0.15, 0.2) is 0 Å². The molecule has 0 spiro atoms. The number of nitrogens with one attached hydrogen (secondary N) is 1. The first-order valence-corrected chi connectivity index (χ1v) is 4.67. The minimum absolute atomic E-state index is 0.297. The molecule has 70 valence electrons. The van der Waals surface area contributed by atoms with Crippen LogP contribution in [0.5, 0.6) is 0 Å². The van der Waals surface area contributed by atoms with Gasteiger partial charge in [-0.2, -0.15) is 0 Å². The van der Waals surface area contributed by atoms with E-state index in [0.717, 1.165) is 6.42 Å². The number of carbonyl (C=O) groups is 1. The first-order valence-electron chi connectivity index (χ1n) is 4.67. The molecule has 3 unspecified atom stereocenters. The van der Waals surface area contributed by atoms with Crippen LogP contribution >= 0.6 is 0 Å². The summed E-state index contributed by atoms with van der Waals surface area (Å²) in [6.07, 6.45) is 3.56. The molecule has 0 aliphatic heterocycles. The van der Waals surface area contributed by atoms with Crippen LogP contribution in [0.4, 0.5) is 4.79 Å². The molecular weight excluding hydrogens is 152 g/mol. The normalized spacial score (nSPS) is 36.0. The van der Waals surface area contributed by atoms with Crippen LogP contribution in [-0.2, 0) is 0 Å². The lowest BCUT2D eigenvalue weighted by Crippen LogP contribution is -2.45. The van der Waals surface area contributed by atoms with E-state index in [2.05, 4.69) is 19.2 Å². The Bertz CT molecular complexity index is 170. The predicted octanol–water partition coefficient (Wildman–Crippen LogP) is 1.48. The Morgan fingerprint density at radius 1 is 1.42 bits per heavy atom. The smallest absolute Gasteiger partial charge is 0.312 e. The topological polar surface area (TPSA) is 55.1 Å². The molecule has 3 nitrogen and oxygen atoms in total. The van der Waals surface area contributed by atoms with Crippen molar-refractivity contribution in [2.75, 3.05) is 0 Å². The zero-order valence-corrected chi connectivity index (χ0v) is 7.84. The second-order valence-corrected chi connectivity index (χ2v) is 3.88. The van der Waals surface area contributed by atoms with Crippen molar-refractivity contribution in [2.24, 2.45) is 17.6 Å². The number of nitrogens with two attached hydrogens (primary N) is 1. The second-order valence-electron chi connectivity index (χ2n) is 3.88. The number of urea groups is 1. The van der Waals surface area contributed by atoms with Gasteiger partial charge in [0.05, 0.1) is 0 Å². The fraction of sp³-hybridized carbons (Fsp3) is 0.889. The van der Waals surface area contributed by atoms with Gasteiger partial charge in [-0.3, -0.25) is 0 Å². The first-order chi connectivity index (χ1) is 5.61. The molecule has 1 aliphatic rings. The highest BCUT2D eigenvalue weighted by molar-refractivity contribution is 5.72. The van der Waals surface area contributed by atoms with E-state index < -0.39 is 0 Å². The van der Waals surface area contributed by atoms with E-state index in [-0.39, 0.29) is 6.03 Å². The molecule has 0 aromatic rings. The summed E-state index contributed by atoms with van der Waals surface area (Å²) in [5, 5.41) is 2.80. The van der Waals surface area contributed by atoms with Gasteiger partial charge in [0.15, 0.2) is 0 Å². The molecule has 3 N–H and O–H groups in total. The van der Waals surface area contributed by atoms with Gasteiger partial charge in [0.25, 0.3) is 0 Å². The first kappa shape index (κ1) is 9.36. The SMILES string of the molecule is CC1CCCC(NC(N)=O)C1C. The summed E-state index contributed by atoms with van der Waals surface area (Å²) in [6, 6.07) is -0.0906. The van der Waals surface area contributed by atoms with Gasteiger partial charge in [-0.15, -0.1) is 0 Å². The van der Waals surface area contributed by atoms with Crippen molar-refractivity contribution in [1.29, 1.82) is 0 Å². The minimum atomic E-state index is -0.388. The zero-order chi connectivity index (χ0) is 9.14. The summed E-state index contributed by atoms with van der Waals surface area (Å²) < 4.78 is 0. The number of amides is 2. The van der Waals surface area contributed by atoms with Gasteiger partial charge in [0, 0.05) is 6.04 Å². The van der Waals surface area contributed by atoms with Crippen molar-refractivity contribution in [1.82, 2.24) is 5.32 Å². The lowest BCUT2D eigenvalue weighted by atomic mass is 9.78. The van der Waals surface area contributed by atoms with Gasteiger partial charge in [-0.25, -0.2) is 4.79 Å². The van der Waals surface area contributed by atoms with Crippen molar-refractivity contribution < 1.29 is 4.79 Å². The molecule has 12 heavy (non-hydrogen) atoms. The highest BCUT2D eigenvalue weighted by atomic mass is 16.2. The van der Waals surface area contributed by atoms with Crippen molar-refractivity contribution in [3.63, 3.8) is 0 Å². The number of hydrogen-bond acceptors (Lipinski definition) is 1. The highest BCUT2D eigenvalue weighted by Gasteiger charge is 2.27. The molecule has 1 aliphatic carbocycles. The largest absolute Gasteiger partial charge is 0.352 e. The molecule has 1 rings (SSSR count). The van der Waals surface area contributed by atoms with Gasteiger partial charge >= 0.3 is 6.03 Å². The molecular formula is C9H18N2O. The van der Waals surface area contributed by atoms with E-state index in [0.29, 0.717) is 17.9 Å². The van der Waals surface area contributed by atoms with Crippen LogP contribution in [0.1, 0.15) is 33.1 Å². The molecule has 0 aromatic heterocycles. The predicted molar refractivity (Wildman–Crippen MR) is 48.7 cm³/mol. The summed E-state index contributed by atoms with van der Waals surface area (Å²) in [7, 11) is 0. The Morgan fingerprint density at radius 3 is 2.67 bits per heavy atom. The van der Waals surface area contributed by atoms with Crippen molar-refractivity contribution in [3.8, 4) is 0 Å². The lowest BCUT2D eigenvalue weighted by Gasteiger charge is -2.34. The molecule has 1 saturated carbocycles. The Balaban J connectivity index is 2.46. The maximum atomic E-state index is 10.6. The van der Waals surface area contributed by atoms with Gasteiger partial charge in [0.2, 0.25) is 0 Å². The Hall–Kier alpha value is -0.730. The van der Waals surface area contributed by atoms with E-state index in [1.54, 1.807) is 0 Å². The number of carbonyl (C=O) groups excluding carboxylic acids is 1. The van der Waals surface area contributed by atoms with Gasteiger partial charge in [0.1, 0.15) is 0 Å². The van der Waals surface area contributed by atoms with Crippen LogP contribution in [-0.4, -0.2) is 12.1 Å². The maximum Gasteiger partial charge on any atom is 0.312 e. The minimum Gasteiger partial charge on any atom is -0.352 e. The third kappa shape index (κ3) is 2.13. The Labute approximate surface area is 73.7 Å². The highest BCUT2D eigenvalue weighted by Crippen LogP contribution is 2.29. The summed E-state index contributed by atoms with van der Waals surface area (Å²) in [5.41, 5.74) is 5.08.